The van der Waals surface area contributed by atoms with Crippen molar-refractivity contribution in [2.24, 2.45) is 5.92 Å². The molecule has 1 saturated carbocycles. The van der Waals surface area contributed by atoms with Gasteiger partial charge in [-0.25, -0.2) is 4.39 Å². The van der Waals surface area contributed by atoms with Gasteiger partial charge in [-0.1, -0.05) is 6.07 Å². The molecule has 0 saturated heterocycles. The van der Waals surface area contributed by atoms with Crippen molar-refractivity contribution >= 4 is 0 Å². The van der Waals surface area contributed by atoms with Crippen LogP contribution in [0.1, 0.15) is 18.4 Å². The van der Waals surface area contributed by atoms with Gasteiger partial charge in [0.2, 0.25) is 0 Å². The highest BCUT2D eigenvalue weighted by molar-refractivity contribution is 5.29. The maximum Gasteiger partial charge on any atom is 0.165 e. The highest BCUT2D eigenvalue weighted by atomic mass is 19.1. The van der Waals surface area contributed by atoms with Crippen LogP contribution in [0.3, 0.4) is 0 Å². The van der Waals surface area contributed by atoms with Crippen LogP contribution in [0.5, 0.6) is 5.75 Å². The van der Waals surface area contributed by atoms with Crippen molar-refractivity contribution in [3.8, 4) is 5.75 Å². The van der Waals surface area contributed by atoms with E-state index in [1.165, 1.54) is 13.2 Å². The molecule has 2 unspecified atom stereocenters. The van der Waals surface area contributed by atoms with E-state index in [0.717, 1.165) is 18.4 Å². The van der Waals surface area contributed by atoms with Gasteiger partial charge in [-0.3, -0.25) is 0 Å². The number of aliphatic hydroxyl groups excluding tert-OH is 1. The van der Waals surface area contributed by atoms with E-state index in [9.17, 15) is 9.50 Å². The lowest BCUT2D eigenvalue weighted by molar-refractivity contribution is -0.0238. The van der Waals surface area contributed by atoms with Crippen LogP contribution in [0.2, 0.25) is 0 Å². The number of rotatable bonds is 6. The topological polar surface area (TPSA) is 38.7 Å². The maximum atomic E-state index is 13.5. The van der Waals surface area contributed by atoms with E-state index in [-0.39, 0.29) is 11.9 Å². The molecule has 2 rings (SSSR count). The van der Waals surface area contributed by atoms with Gasteiger partial charge in [0.15, 0.2) is 11.6 Å². The third-order valence-corrected chi connectivity index (χ3v) is 3.40. The summed E-state index contributed by atoms with van der Waals surface area (Å²) in [6.45, 7) is 0. The second-order valence-electron chi connectivity index (χ2n) is 4.78. The molecule has 1 aromatic rings. The molecule has 1 aliphatic carbocycles. The molecule has 3 nitrogen and oxygen atoms in total. The van der Waals surface area contributed by atoms with E-state index < -0.39 is 11.9 Å². The van der Waals surface area contributed by atoms with Gasteiger partial charge in [0.05, 0.1) is 19.3 Å². The predicted molar refractivity (Wildman–Crippen MR) is 66.2 cm³/mol. The van der Waals surface area contributed by atoms with E-state index in [0.29, 0.717) is 12.3 Å². The summed E-state index contributed by atoms with van der Waals surface area (Å²) in [5, 5.41) is 10.1. The van der Waals surface area contributed by atoms with E-state index in [4.69, 9.17) is 9.47 Å². The second kappa shape index (κ2) is 5.67. The monoisotopic (exact) mass is 254 g/mol. The molecule has 1 N–H and O–H groups in total. The number of aliphatic hydroxyl groups is 1. The first-order valence-corrected chi connectivity index (χ1v) is 6.19. The lowest BCUT2D eigenvalue weighted by atomic mass is 10.0. The molecular formula is C14H19FO3. The number of methoxy groups -OCH3 is 2. The lowest BCUT2D eigenvalue weighted by Gasteiger charge is -2.21. The Morgan fingerprint density at radius 3 is 2.61 bits per heavy atom. The Kier molecular flexibility index (Phi) is 4.19. The first-order valence-electron chi connectivity index (χ1n) is 6.19. The van der Waals surface area contributed by atoms with Crippen molar-refractivity contribution in [3.05, 3.63) is 29.6 Å². The third kappa shape index (κ3) is 3.00. The highest BCUT2D eigenvalue weighted by Crippen LogP contribution is 2.36. The average molecular weight is 254 g/mol. The summed E-state index contributed by atoms with van der Waals surface area (Å²) in [5.41, 5.74) is 0.753. The summed E-state index contributed by atoms with van der Waals surface area (Å²) in [4.78, 5) is 0. The van der Waals surface area contributed by atoms with E-state index >= 15 is 0 Å². The molecule has 0 bridgehead atoms. The smallest absolute Gasteiger partial charge is 0.165 e. The molecule has 100 valence electrons. The standard InChI is InChI=1S/C14H19FO3/c1-17-13-6-3-9(7-11(13)15)8-12(16)14(18-2)10-4-5-10/h3,6-7,10,12,14,16H,4-5,8H2,1-2H3. The van der Waals surface area contributed by atoms with Crippen LogP contribution in [0, 0.1) is 11.7 Å². The highest BCUT2D eigenvalue weighted by Gasteiger charge is 2.36. The van der Waals surface area contributed by atoms with E-state index in [1.807, 2.05) is 0 Å². The molecule has 1 fully saturated rings. The zero-order valence-electron chi connectivity index (χ0n) is 10.7. The van der Waals surface area contributed by atoms with Gasteiger partial charge in [0.1, 0.15) is 0 Å². The lowest BCUT2D eigenvalue weighted by Crippen LogP contribution is -2.31. The Balaban J connectivity index is 2.01. The van der Waals surface area contributed by atoms with Gasteiger partial charge in [-0.2, -0.15) is 0 Å². The minimum absolute atomic E-state index is 0.143. The molecule has 0 radical (unpaired) electrons. The first kappa shape index (κ1) is 13.3. The molecule has 1 aliphatic rings. The predicted octanol–water partition coefficient (Wildman–Crippen LogP) is 2.16. The van der Waals surface area contributed by atoms with Gasteiger partial charge in [-0.15, -0.1) is 0 Å². The summed E-state index contributed by atoms with van der Waals surface area (Å²) in [6, 6.07) is 4.75. The summed E-state index contributed by atoms with van der Waals surface area (Å²) in [6.07, 6.45) is 1.88. The number of benzene rings is 1. The van der Waals surface area contributed by atoms with Crippen LogP contribution >= 0.6 is 0 Å². The number of halogens is 1. The number of ether oxygens (including phenoxy) is 2. The minimum atomic E-state index is -0.588. The molecule has 2 atom stereocenters. The zero-order valence-corrected chi connectivity index (χ0v) is 10.7. The van der Waals surface area contributed by atoms with Crippen molar-refractivity contribution < 1.29 is 19.0 Å². The number of hydrogen-bond donors (Lipinski definition) is 1. The summed E-state index contributed by atoms with van der Waals surface area (Å²) in [5.74, 6) is 0.273. The van der Waals surface area contributed by atoms with Crippen LogP contribution in [-0.4, -0.2) is 31.5 Å². The van der Waals surface area contributed by atoms with Crippen LogP contribution in [0.25, 0.3) is 0 Å². The number of hydrogen-bond acceptors (Lipinski definition) is 3. The fourth-order valence-corrected chi connectivity index (χ4v) is 2.28. The average Bonchev–Trinajstić information content (AvgIpc) is 3.15. The molecule has 18 heavy (non-hydrogen) atoms. The van der Waals surface area contributed by atoms with Crippen LogP contribution in [-0.2, 0) is 11.2 Å². The first-order chi connectivity index (χ1) is 8.65. The summed E-state index contributed by atoms with van der Waals surface area (Å²) < 4.78 is 23.7. The zero-order chi connectivity index (χ0) is 13.1. The fourth-order valence-electron chi connectivity index (χ4n) is 2.28. The van der Waals surface area contributed by atoms with Gasteiger partial charge < -0.3 is 14.6 Å². The fraction of sp³-hybridized carbons (Fsp3) is 0.571. The molecule has 4 heteroatoms. The maximum absolute atomic E-state index is 13.5. The Morgan fingerprint density at radius 2 is 2.11 bits per heavy atom. The molecule has 0 spiro atoms. The normalized spacial score (nSPS) is 18.4. The molecule has 0 aromatic heterocycles. The molecule has 0 heterocycles. The summed E-state index contributed by atoms with van der Waals surface area (Å²) in [7, 11) is 3.04. The summed E-state index contributed by atoms with van der Waals surface area (Å²) >= 11 is 0. The van der Waals surface area contributed by atoms with E-state index in [1.54, 1.807) is 19.2 Å². The second-order valence-corrected chi connectivity index (χ2v) is 4.78. The Labute approximate surface area is 107 Å². The Bertz CT molecular complexity index is 404. The molecule has 1 aromatic carbocycles. The molecule has 0 amide bonds. The molecule has 0 aliphatic heterocycles. The van der Waals surface area contributed by atoms with Gasteiger partial charge in [0.25, 0.3) is 0 Å². The van der Waals surface area contributed by atoms with Crippen molar-refractivity contribution in [3.63, 3.8) is 0 Å². The third-order valence-electron chi connectivity index (χ3n) is 3.40. The van der Waals surface area contributed by atoms with Crippen LogP contribution < -0.4 is 4.74 Å². The largest absolute Gasteiger partial charge is 0.494 e. The Morgan fingerprint density at radius 1 is 1.39 bits per heavy atom. The van der Waals surface area contributed by atoms with Crippen molar-refractivity contribution in [2.45, 2.75) is 31.5 Å². The minimum Gasteiger partial charge on any atom is -0.494 e. The van der Waals surface area contributed by atoms with Crippen molar-refractivity contribution in [1.29, 1.82) is 0 Å². The Hall–Kier alpha value is -1.13. The van der Waals surface area contributed by atoms with Crippen LogP contribution in [0.15, 0.2) is 18.2 Å². The molecular weight excluding hydrogens is 235 g/mol. The van der Waals surface area contributed by atoms with Crippen LogP contribution in [0.4, 0.5) is 4.39 Å². The van der Waals surface area contributed by atoms with Gasteiger partial charge >= 0.3 is 0 Å². The van der Waals surface area contributed by atoms with Gasteiger partial charge in [0, 0.05) is 13.5 Å². The quantitative estimate of drug-likeness (QED) is 0.845. The van der Waals surface area contributed by atoms with Crippen molar-refractivity contribution in [2.75, 3.05) is 14.2 Å². The van der Waals surface area contributed by atoms with E-state index in [2.05, 4.69) is 0 Å². The SMILES string of the molecule is COc1ccc(CC(O)C(OC)C2CC2)cc1F. The van der Waals surface area contributed by atoms with Crippen molar-refractivity contribution in [1.82, 2.24) is 0 Å². The van der Waals surface area contributed by atoms with Gasteiger partial charge in [-0.05, 0) is 36.5 Å².